The Hall–Kier alpha value is -1.99. The van der Waals surface area contributed by atoms with E-state index in [2.05, 4.69) is 16.8 Å². The first-order valence-electron chi connectivity index (χ1n) is 6.65. The van der Waals surface area contributed by atoms with Gasteiger partial charge in [-0.2, -0.15) is 0 Å². The van der Waals surface area contributed by atoms with Crippen LogP contribution in [-0.4, -0.2) is 22.0 Å². The molecule has 2 aromatic rings. The molecule has 1 aromatic carbocycles. The number of ether oxygens (including phenoxy) is 1. The van der Waals surface area contributed by atoms with E-state index in [9.17, 15) is 4.39 Å². The van der Waals surface area contributed by atoms with Crippen molar-refractivity contribution in [3.8, 4) is 17.6 Å². The molecule has 0 saturated heterocycles. The van der Waals surface area contributed by atoms with Gasteiger partial charge in [0.25, 0.3) is 0 Å². The molecule has 0 aliphatic heterocycles. The number of hydrogen-bond acceptors (Lipinski definition) is 2. The van der Waals surface area contributed by atoms with Gasteiger partial charge in [0.15, 0.2) is 0 Å². The molecule has 2 rings (SSSR count). The third kappa shape index (κ3) is 4.80. The van der Waals surface area contributed by atoms with E-state index in [1.807, 2.05) is 17.7 Å². The van der Waals surface area contributed by atoms with Gasteiger partial charge >= 0.3 is 0 Å². The fourth-order valence-electron chi connectivity index (χ4n) is 1.83. The molecule has 110 valence electrons. The molecule has 0 saturated carbocycles. The molecule has 0 spiro atoms. The summed E-state index contributed by atoms with van der Waals surface area (Å²) in [4.78, 5) is 4.13. The SMILES string of the molecule is Cc1nccn1CCOc1cc(F)cc(C#CCCCl)c1. The summed E-state index contributed by atoms with van der Waals surface area (Å²) in [6.45, 7) is 3.03. The standard InChI is InChI=1S/C16H16ClFN2O/c1-13-19-6-7-20(13)8-9-21-16-11-14(4-2-3-5-17)10-15(18)12-16/h6-7,10-12H,3,5,8-9H2,1H3. The lowest BCUT2D eigenvalue weighted by Crippen LogP contribution is -2.09. The van der Waals surface area contributed by atoms with Crippen LogP contribution in [0.3, 0.4) is 0 Å². The number of hydrogen-bond donors (Lipinski definition) is 0. The minimum Gasteiger partial charge on any atom is -0.492 e. The van der Waals surface area contributed by atoms with Crippen molar-refractivity contribution in [3.63, 3.8) is 0 Å². The van der Waals surface area contributed by atoms with Crippen LogP contribution < -0.4 is 4.74 Å². The van der Waals surface area contributed by atoms with E-state index in [0.29, 0.717) is 36.8 Å². The van der Waals surface area contributed by atoms with Crippen molar-refractivity contribution >= 4 is 11.6 Å². The third-order valence-corrected chi connectivity index (χ3v) is 3.04. The predicted molar refractivity (Wildman–Crippen MR) is 81.1 cm³/mol. The predicted octanol–water partition coefficient (Wildman–Crippen LogP) is 3.39. The fraction of sp³-hybridized carbons (Fsp3) is 0.312. The van der Waals surface area contributed by atoms with Crippen LogP contribution in [0.15, 0.2) is 30.6 Å². The number of aromatic nitrogens is 2. The zero-order chi connectivity index (χ0) is 15.1. The Balaban J connectivity index is 1.97. The highest BCUT2D eigenvalue weighted by Gasteiger charge is 2.02. The molecule has 0 amide bonds. The molecule has 0 N–H and O–H groups in total. The lowest BCUT2D eigenvalue weighted by Gasteiger charge is -2.08. The van der Waals surface area contributed by atoms with Gasteiger partial charge in [0.2, 0.25) is 0 Å². The van der Waals surface area contributed by atoms with Crippen molar-refractivity contribution in [2.75, 3.05) is 12.5 Å². The number of alkyl halides is 1. The van der Waals surface area contributed by atoms with E-state index in [0.717, 1.165) is 5.82 Å². The molecule has 21 heavy (non-hydrogen) atoms. The van der Waals surface area contributed by atoms with Gasteiger partial charge in [0.1, 0.15) is 24.0 Å². The molecule has 0 radical (unpaired) electrons. The van der Waals surface area contributed by atoms with Gasteiger partial charge in [-0.15, -0.1) is 11.6 Å². The lowest BCUT2D eigenvalue weighted by molar-refractivity contribution is 0.295. The molecule has 0 unspecified atom stereocenters. The molecule has 0 aliphatic carbocycles. The van der Waals surface area contributed by atoms with Gasteiger partial charge < -0.3 is 9.30 Å². The van der Waals surface area contributed by atoms with Gasteiger partial charge in [-0.05, 0) is 19.1 Å². The average Bonchev–Trinajstić information content (AvgIpc) is 2.84. The number of nitrogens with zero attached hydrogens (tertiary/aromatic N) is 2. The summed E-state index contributed by atoms with van der Waals surface area (Å²) >= 11 is 5.55. The Morgan fingerprint density at radius 2 is 2.24 bits per heavy atom. The highest BCUT2D eigenvalue weighted by Crippen LogP contribution is 2.16. The minimum atomic E-state index is -0.360. The maximum atomic E-state index is 13.5. The Morgan fingerprint density at radius 1 is 1.38 bits per heavy atom. The summed E-state index contributed by atoms with van der Waals surface area (Å²) in [5.41, 5.74) is 0.592. The molecule has 5 heteroatoms. The molecule has 1 aromatic heterocycles. The minimum absolute atomic E-state index is 0.360. The van der Waals surface area contributed by atoms with Crippen molar-refractivity contribution in [1.82, 2.24) is 9.55 Å². The molecule has 0 bridgehead atoms. The van der Waals surface area contributed by atoms with Crippen molar-refractivity contribution in [2.24, 2.45) is 0 Å². The number of imidazole rings is 1. The fourth-order valence-corrected chi connectivity index (χ4v) is 1.93. The number of benzene rings is 1. The Kier molecular flexibility index (Phi) is 5.65. The highest BCUT2D eigenvalue weighted by atomic mass is 35.5. The number of rotatable bonds is 5. The Bertz CT molecular complexity index is 658. The maximum absolute atomic E-state index is 13.5. The topological polar surface area (TPSA) is 27.1 Å². The molecule has 0 fully saturated rings. The van der Waals surface area contributed by atoms with Crippen LogP contribution >= 0.6 is 11.6 Å². The average molecular weight is 307 g/mol. The molecule has 3 nitrogen and oxygen atoms in total. The Labute approximate surface area is 128 Å². The maximum Gasteiger partial charge on any atom is 0.128 e. The second-order valence-electron chi connectivity index (χ2n) is 4.43. The van der Waals surface area contributed by atoms with Crippen LogP contribution in [0.2, 0.25) is 0 Å². The first-order chi connectivity index (χ1) is 10.2. The second-order valence-corrected chi connectivity index (χ2v) is 4.81. The first-order valence-corrected chi connectivity index (χ1v) is 7.18. The molecular weight excluding hydrogens is 291 g/mol. The van der Waals surface area contributed by atoms with E-state index < -0.39 is 0 Å². The van der Waals surface area contributed by atoms with Crippen LogP contribution in [0, 0.1) is 24.6 Å². The summed E-state index contributed by atoms with van der Waals surface area (Å²) < 4.78 is 21.1. The van der Waals surface area contributed by atoms with Crippen molar-refractivity contribution in [3.05, 3.63) is 47.8 Å². The summed E-state index contributed by atoms with van der Waals surface area (Å²) in [6.07, 6.45) is 4.20. The second kappa shape index (κ2) is 7.70. The summed E-state index contributed by atoms with van der Waals surface area (Å²) in [6, 6.07) is 4.46. The van der Waals surface area contributed by atoms with Crippen molar-refractivity contribution < 1.29 is 9.13 Å². The molecule has 0 atom stereocenters. The van der Waals surface area contributed by atoms with Crippen molar-refractivity contribution in [1.29, 1.82) is 0 Å². The van der Waals surface area contributed by atoms with E-state index in [1.54, 1.807) is 12.3 Å². The van der Waals surface area contributed by atoms with Crippen LogP contribution in [0.4, 0.5) is 4.39 Å². The molecule has 1 heterocycles. The van der Waals surface area contributed by atoms with Crippen LogP contribution in [0.1, 0.15) is 17.8 Å². The normalized spacial score (nSPS) is 10.0. The quantitative estimate of drug-likeness (QED) is 0.625. The highest BCUT2D eigenvalue weighted by molar-refractivity contribution is 6.18. The van der Waals surface area contributed by atoms with E-state index in [-0.39, 0.29) is 5.82 Å². The zero-order valence-electron chi connectivity index (χ0n) is 11.8. The van der Waals surface area contributed by atoms with E-state index in [4.69, 9.17) is 16.3 Å². The van der Waals surface area contributed by atoms with Crippen LogP contribution in [-0.2, 0) is 6.54 Å². The largest absolute Gasteiger partial charge is 0.492 e. The first kappa shape index (κ1) is 15.4. The van der Waals surface area contributed by atoms with Crippen LogP contribution in [0.5, 0.6) is 5.75 Å². The molecule has 0 aliphatic rings. The monoisotopic (exact) mass is 306 g/mol. The van der Waals surface area contributed by atoms with E-state index >= 15 is 0 Å². The Morgan fingerprint density at radius 3 is 2.95 bits per heavy atom. The van der Waals surface area contributed by atoms with Gasteiger partial charge in [-0.3, -0.25) is 0 Å². The van der Waals surface area contributed by atoms with E-state index in [1.165, 1.54) is 12.1 Å². The summed E-state index contributed by atoms with van der Waals surface area (Å²) in [5, 5.41) is 0. The van der Waals surface area contributed by atoms with Gasteiger partial charge in [-0.25, -0.2) is 9.37 Å². The summed E-state index contributed by atoms with van der Waals surface area (Å²) in [5.74, 6) is 7.25. The van der Waals surface area contributed by atoms with Crippen LogP contribution in [0.25, 0.3) is 0 Å². The number of aryl methyl sites for hydroxylation is 1. The molecular formula is C16H16ClFN2O. The van der Waals surface area contributed by atoms with Gasteiger partial charge in [0, 0.05) is 36.3 Å². The van der Waals surface area contributed by atoms with Crippen molar-refractivity contribution in [2.45, 2.75) is 19.9 Å². The summed E-state index contributed by atoms with van der Waals surface area (Å²) in [7, 11) is 0. The van der Waals surface area contributed by atoms with Gasteiger partial charge in [0.05, 0.1) is 6.54 Å². The number of halogens is 2. The van der Waals surface area contributed by atoms with Gasteiger partial charge in [-0.1, -0.05) is 11.8 Å². The zero-order valence-corrected chi connectivity index (χ0v) is 12.5. The lowest BCUT2D eigenvalue weighted by atomic mass is 10.2. The smallest absolute Gasteiger partial charge is 0.128 e. The third-order valence-electron chi connectivity index (χ3n) is 2.85.